The number of aliphatic hydroxyl groups is 1. The lowest BCUT2D eigenvalue weighted by atomic mass is 9.96. The maximum Gasteiger partial charge on any atom is 0.352 e. The molecule has 2 fully saturated rings. The van der Waals surface area contributed by atoms with Crippen LogP contribution in [0, 0.1) is 17.5 Å². The number of hydrogen-bond donors (Lipinski definition) is 2. The number of benzene rings is 2. The summed E-state index contributed by atoms with van der Waals surface area (Å²) in [6.45, 7) is 0. The first-order valence-corrected chi connectivity index (χ1v) is 10.0. The van der Waals surface area contributed by atoms with Crippen LogP contribution in [0.5, 0.6) is 0 Å². The fraction of sp³-hybridized carbons (Fsp3) is 0.364. The third-order valence-corrected chi connectivity index (χ3v) is 5.96. The van der Waals surface area contributed by atoms with Crippen LogP contribution in [0.3, 0.4) is 0 Å². The van der Waals surface area contributed by atoms with Gasteiger partial charge in [-0.2, -0.15) is 8.78 Å². The van der Waals surface area contributed by atoms with Crippen LogP contribution in [0.1, 0.15) is 41.6 Å². The molecule has 2 saturated heterocycles. The number of nitrogens with zero attached hydrogens (tertiary/aromatic N) is 1. The molecule has 32 heavy (non-hydrogen) atoms. The molecule has 2 aromatic rings. The molecule has 0 radical (unpaired) electrons. The number of anilines is 1. The SMILES string of the molecule is O=C(Nc1ccc(F)c(F)c1)c1ccc(F)c(C(F)(F)C(=O)N2C3CCC2CC(O)C3)c1. The molecule has 2 bridgehead atoms. The van der Waals surface area contributed by atoms with Crippen LogP contribution in [-0.4, -0.2) is 40.0 Å². The number of alkyl halides is 2. The van der Waals surface area contributed by atoms with Gasteiger partial charge in [0.25, 0.3) is 11.8 Å². The molecule has 2 aliphatic heterocycles. The van der Waals surface area contributed by atoms with Crippen LogP contribution in [-0.2, 0) is 10.7 Å². The Labute approximate surface area is 179 Å². The minimum atomic E-state index is -4.24. The summed E-state index contributed by atoms with van der Waals surface area (Å²) in [5, 5.41) is 12.0. The normalized spacial score (nSPS) is 22.7. The maximum absolute atomic E-state index is 15.1. The first-order valence-electron chi connectivity index (χ1n) is 10.0. The first-order chi connectivity index (χ1) is 15.1. The number of hydrogen-bond acceptors (Lipinski definition) is 3. The molecule has 2 heterocycles. The van der Waals surface area contributed by atoms with E-state index < -0.39 is 64.5 Å². The Morgan fingerprint density at radius 1 is 0.938 bits per heavy atom. The van der Waals surface area contributed by atoms with Crippen LogP contribution in [0.4, 0.5) is 27.6 Å². The lowest BCUT2D eigenvalue weighted by Crippen LogP contribution is -2.53. The molecule has 0 aromatic heterocycles. The van der Waals surface area contributed by atoms with Crippen molar-refractivity contribution in [1.82, 2.24) is 4.90 Å². The largest absolute Gasteiger partial charge is 0.393 e. The van der Waals surface area contributed by atoms with Gasteiger partial charge in [-0.1, -0.05) is 0 Å². The summed E-state index contributed by atoms with van der Waals surface area (Å²) < 4.78 is 70.9. The number of aliphatic hydroxyl groups excluding tert-OH is 1. The molecular formula is C22H19F5N2O3. The van der Waals surface area contributed by atoms with Crippen molar-refractivity contribution in [3.63, 3.8) is 0 Å². The zero-order chi connectivity index (χ0) is 23.2. The van der Waals surface area contributed by atoms with Crippen LogP contribution >= 0.6 is 0 Å². The fourth-order valence-electron chi connectivity index (χ4n) is 4.44. The number of fused-ring (bicyclic) bond motifs is 2. The summed E-state index contributed by atoms with van der Waals surface area (Å²) in [7, 11) is 0. The number of rotatable bonds is 4. The van der Waals surface area contributed by atoms with Crippen molar-refractivity contribution in [2.45, 2.75) is 49.8 Å². The van der Waals surface area contributed by atoms with E-state index in [0.29, 0.717) is 31.0 Å². The van der Waals surface area contributed by atoms with Gasteiger partial charge in [-0.15, -0.1) is 0 Å². The van der Waals surface area contributed by atoms with Crippen LogP contribution < -0.4 is 5.32 Å². The Morgan fingerprint density at radius 3 is 2.19 bits per heavy atom. The summed E-state index contributed by atoms with van der Waals surface area (Å²) in [4.78, 5) is 26.2. The molecule has 5 nitrogen and oxygen atoms in total. The summed E-state index contributed by atoms with van der Waals surface area (Å²) in [5.41, 5.74) is -1.78. The van der Waals surface area contributed by atoms with E-state index in [-0.39, 0.29) is 18.5 Å². The zero-order valence-corrected chi connectivity index (χ0v) is 16.6. The number of amides is 2. The average Bonchev–Trinajstić information content (AvgIpc) is 3.00. The Bertz CT molecular complexity index is 1060. The van der Waals surface area contributed by atoms with Gasteiger partial charge in [-0.05, 0) is 56.0 Å². The predicted molar refractivity (Wildman–Crippen MR) is 104 cm³/mol. The lowest BCUT2D eigenvalue weighted by molar-refractivity contribution is -0.166. The van der Waals surface area contributed by atoms with Crippen molar-refractivity contribution in [3.05, 3.63) is 65.0 Å². The van der Waals surface area contributed by atoms with Gasteiger partial charge in [0.1, 0.15) is 5.82 Å². The summed E-state index contributed by atoms with van der Waals surface area (Å²) in [5.74, 6) is -10.5. The van der Waals surface area contributed by atoms with Gasteiger partial charge in [-0.25, -0.2) is 13.2 Å². The number of carbonyl (C=O) groups excluding carboxylic acids is 2. The van der Waals surface area contributed by atoms with Gasteiger partial charge in [0.15, 0.2) is 11.6 Å². The molecule has 2 amide bonds. The number of halogens is 5. The van der Waals surface area contributed by atoms with Crippen molar-refractivity contribution in [2.75, 3.05) is 5.32 Å². The second kappa shape index (κ2) is 8.16. The highest BCUT2D eigenvalue weighted by atomic mass is 19.3. The predicted octanol–water partition coefficient (Wildman–Crippen LogP) is 3.96. The molecule has 170 valence electrons. The minimum absolute atomic E-state index is 0.133. The van der Waals surface area contributed by atoms with E-state index in [1.807, 2.05) is 0 Å². The Kier molecular flexibility index (Phi) is 5.66. The van der Waals surface area contributed by atoms with Crippen LogP contribution in [0.25, 0.3) is 0 Å². The Hall–Kier alpha value is -3.01. The third kappa shape index (κ3) is 3.94. The van der Waals surface area contributed by atoms with Gasteiger partial charge in [0.05, 0.1) is 11.7 Å². The van der Waals surface area contributed by atoms with Crippen molar-refractivity contribution >= 4 is 17.5 Å². The molecule has 0 spiro atoms. The van der Waals surface area contributed by atoms with Crippen LogP contribution in [0.15, 0.2) is 36.4 Å². The van der Waals surface area contributed by atoms with Crippen molar-refractivity contribution < 1.29 is 36.6 Å². The second-order valence-corrected chi connectivity index (χ2v) is 8.07. The van der Waals surface area contributed by atoms with E-state index in [0.717, 1.165) is 23.1 Å². The second-order valence-electron chi connectivity index (χ2n) is 8.07. The van der Waals surface area contributed by atoms with Crippen molar-refractivity contribution in [3.8, 4) is 0 Å². The fourth-order valence-corrected chi connectivity index (χ4v) is 4.44. The summed E-state index contributed by atoms with van der Waals surface area (Å²) >= 11 is 0. The monoisotopic (exact) mass is 454 g/mol. The van der Waals surface area contributed by atoms with E-state index in [9.17, 15) is 27.9 Å². The third-order valence-electron chi connectivity index (χ3n) is 5.96. The van der Waals surface area contributed by atoms with E-state index in [2.05, 4.69) is 5.32 Å². The Balaban J connectivity index is 1.59. The zero-order valence-electron chi connectivity index (χ0n) is 16.6. The first kappa shape index (κ1) is 22.2. The van der Waals surface area contributed by atoms with Gasteiger partial charge in [-0.3, -0.25) is 9.59 Å². The number of carbonyl (C=O) groups is 2. The van der Waals surface area contributed by atoms with Gasteiger partial charge < -0.3 is 15.3 Å². The van der Waals surface area contributed by atoms with Crippen molar-refractivity contribution in [1.29, 1.82) is 0 Å². The van der Waals surface area contributed by atoms with E-state index in [4.69, 9.17) is 0 Å². The van der Waals surface area contributed by atoms with Crippen LogP contribution in [0.2, 0.25) is 0 Å². The topological polar surface area (TPSA) is 69.6 Å². The summed E-state index contributed by atoms with van der Waals surface area (Å²) in [6.07, 6.45) is 0.630. The molecule has 2 atom stereocenters. The molecule has 2 aromatic carbocycles. The van der Waals surface area contributed by atoms with Gasteiger partial charge in [0, 0.05) is 29.4 Å². The van der Waals surface area contributed by atoms with Gasteiger partial charge >= 0.3 is 5.92 Å². The minimum Gasteiger partial charge on any atom is -0.393 e. The molecule has 0 aliphatic carbocycles. The standard InChI is InChI=1S/C22H19F5N2O3/c23-17-5-1-11(20(31)28-12-2-6-18(24)19(25)8-12)7-16(17)22(26,27)21(32)29-13-3-4-14(29)10-15(30)9-13/h1-2,5-8,13-15,30H,3-4,9-10H2,(H,28,31). The Morgan fingerprint density at radius 2 is 1.56 bits per heavy atom. The number of piperidine rings is 1. The lowest BCUT2D eigenvalue weighted by Gasteiger charge is -2.39. The molecule has 2 N–H and O–H groups in total. The van der Waals surface area contributed by atoms with E-state index >= 15 is 8.78 Å². The molecule has 4 rings (SSSR count). The number of nitrogens with one attached hydrogen (secondary N) is 1. The van der Waals surface area contributed by atoms with Gasteiger partial charge in [0.2, 0.25) is 0 Å². The molecule has 2 unspecified atom stereocenters. The highest BCUT2D eigenvalue weighted by Crippen LogP contribution is 2.41. The molecule has 0 saturated carbocycles. The molecular weight excluding hydrogens is 435 g/mol. The van der Waals surface area contributed by atoms with E-state index in [1.54, 1.807) is 0 Å². The quantitative estimate of drug-likeness (QED) is 0.688. The summed E-state index contributed by atoms with van der Waals surface area (Å²) in [6, 6.07) is 3.60. The highest BCUT2D eigenvalue weighted by molar-refractivity contribution is 6.04. The highest BCUT2D eigenvalue weighted by Gasteiger charge is 2.53. The van der Waals surface area contributed by atoms with E-state index in [1.165, 1.54) is 0 Å². The maximum atomic E-state index is 15.1. The smallest absolute Gasteiger partial charge is 0.352 e. The molecule has 2 aliphatic rings. The van der Waals surface area contributed by atoms with Crippen molar-refractivity contribution in [2.24, 2.45) is 0 Å². The molecule has 10 heteroatoms. The average molecular weight is 454 g/mol.